The highest BCUT2D eigenvalue weighted by Crippen LogP contribution is 2.27. The van der Waals surface area contributed by atoms with Gasteiger partial charge in [-0.3, -0.25) is 4.79 Å². The number of likely N-dealkylation sites (N-methyl/N-ethyl adjacent to an activating group) is 1. The molecule has 112 valence electrons. The number of hydrogen-bond donors (Lipinski definition) is 2. The minimum absolute atomic E-state index is 0.0568. The van der Waals surface area contributed by atoms with Crippen LogP contribution >= 0.6 is 15.9 Å². The topological polar surface area (TPSA) is 84.5 Å². The normalized spacial score (nSPS) is 12.8. The fraction of sp³-hybridized carbons (Fsp3) is 0.417. The molecule has 1 unspecified atom stereocenters. The molecule has 1 amide bonds. The second-order valence-corrected chi connectivity index (χ2v) is 6.60. The molecule has 8 heteroatoms. The molecular formula is C12H17BrN2O4S. The van der Waals surface area contributed by atoms with Gasteiger partial charge in [-0.15, -0.1) is 0 Å². The van der Waals surface area contributed by atoms with Gasteiger partial charge in [-0.1, -0.05) is 0 Å². The molecule has 2 N–H and O–H groups in total. The van der Waals surface area contributed by atoms with Gasteiger partial charge in [0.05, 0.1) is 22.5 Å². The van der Waals surface area contributed by atoms with Crippen LogP contribution in [0.1, 0.15) is 13.8 Å². The molecule has 1 aromatic rings. The van der Waals surface area contributed by atoms with Gasteiger partial charge in [0.2, 0.25) is 15.9 Å². The van der Waals surface area contributed by atoms with Crippen LogP contribution in [0, 0.1) is 0 Å². The van der Waals surface area contributed by atoms with Crippen LogP contribution in [0.4, 0.5) is 0 Å². The molecular weight excluding hydrogens is 348 g/mol. The lowest BCUT2D eigenvalue weighted by molar-refractivity contribution is -0.122. The molecule has 0 aromatic heterocycles. The van der Waals surface area contributed by atoms with Crippen LogP contribution in [-0.4, -0.2) is 34.0 Å². The maximum atomic E-state index is 12.2. The van der Waals surface area contributed by atoms with E-state index in [4.69, 9.17) is 4.74 Å². The lowest BCUT2D eigenvalue weighted by Gasteiger charge is -2.14. The highest BCUT2D eigenvalue weighted by molar-refractivity contribution is 9.10. The zero-order valence-corrected chi connectivity index (χ0v) is 13.8. The Balaban J connectivity index is 2.94. The van der Waals surface area contributed by atoms with Crippen molar-refractivity contribution in [2.75, 3.05) is 13.7 Å². The lowest BCUT2D eigenvalue weighted by Crippen LogP contribution is -2.44. The van der Waals surface area contributed by atoms with E-state index in [1.807, 2.05) is 0 Å². The minimum Gasteiger partial charge on any atom is -0.496 e. The van der Waals surface area contributed by atoms with Gasteiger partial charge in [-0.05, 0) is 48.0 Å². The molecule has 0 saturated carbocycles. The van der Waals surface area contributed by atoms with E-state index >= 15 is 0 Å². The van der Waals surface area contributed by atoms with Crippen LogP contribution in [-0.2, 0) is 14.8 Å². The summed E-state index contributed by atoms with van der Waals surface area (Å²) in [6.45, 7) is 3.69. The Labute approximate surface area is 127 Å². The number of nitrogens with one attached hydrogen (secondary N) is 2. The average Bonchev–Trinajstić information content (AvgIpc) is 2.38. The van der Waals surface area contributed by atoms with Crippen LogP contribution in [0.3, 0.4) is 0 Å². The molecule has 1 aromatic carbocycles. The Morgan fingerprint density at radius 2 is 2.10 bits per heavy atom. The molecule has 0 fully saturated rings. The van der Waals surface area contributed by atoms with E-state index in [0.717, 1.165) is 0 Å². The number of carbonyl (C=O) groups is 1. The number of sulfonamides is 1. The SMILES string of the molecule is CCNC(=O)C(C)NS(=O)(=O)c1ccc(OC)c(Br)c1. The number of hydrogen-bond acceptors (Lipinski definition) is 4. The molecule has 0 bridgehead atoms. The standard InChI is InChI=1S/C12H17BrN2O4S/c1-4-14-12(16)8(2)15-20(17,18)9-5-6-11(19-3)10(13)7-9/h5-8,15H,4H2,1-3H3,(H,14,16). The van der Waals surface area contributed by atoms with Crippen molar-refractivity contribution in [3.05, 3.63) is 22.7 Å². The second-order valence-electron chi connectivity index (χ2n) is 4.03. The van der Waals surface area contributed by atoms with Crippen molar-refractivity contribution in [1.29, 1.82) is 0 Å². The van der Waals surface area contributed by atoms with Gasteiger partial charge in [-0.25, -0.2) is 8.42 Å². The van der Waals surface area contributed by atoms with Crippen molar-refractivity contribution < 1.29 is 17.9 Å². The summed E-state index contributed by atoms with van der Waals surface area (Å²) in [6, 6.07) is 3.53. The number of ether oxygens (including phenoxy) is 1. The van der Waals surface area contributed by atoms with Crippen molar-refractivity contribution in [1.82, 2.24) is 10.0 Å². The van der Waals surface area contributed by atoms with E-state index in [0.29, 0.717) is 16.8 Å². The summed E-state index contributed by atoms with van der Waals surface area (Å²) < 4.78 is 32.2. The van der Waals surface area contributed by atoms with Gasteiger partial charge in [0.1, 0.15) is 5.75 Å². The number of rotatable bonds is 6. The quantitative estimate of drug-likeness (QED) is 0.795. The van der Waals surface area contributed by atoms with Crippen LogP contribution in [0.5, 0.6) is 5.75 Å². The molecule has 0 saturated heterocycles. The van der Waals surface area contributed by atoms with Crippen LogP contribution in [0.15, 0.2) is 27.6 Å². The summed E-state index contributed by atoms with van der Waals surface area (Å²) >= 11 is 3.22. The molecule has 20 heavy (non-hydrogen) atoms. The molecule has 6 nitrogen and oxygen atoms in total. The molecule has 1 rings (SSSR count). The number of methoxy groups -OCH3 is 1. The Morgan fingerprint density at radius 1 is 1.45 bits per heavy atom. The zero-order valence-electron chi connectivity index (χ0n) is 11.4. The van der Waals surface area contributed by atoms with E-state index in [2.05, 4.69) is 26.0 Å². The van der Waals surface area contributed by atoms with E-state index < -0.39 is 16.1 Å². The number of halogens is 1. The lowest BCUT2D eigenvalue weighted by atomic mass is 10.3. The van der Waals surface area contributed by atoms with Gasteiger partial charge in [-0.2, -0.15) is 4.72 Å². The van der Waals surface area contributed by atoms with Crippen molar-refractivity contribution in [3.8, 4) is 5.75 Å². The molecule has 0 radical (unpaired) electrons. The molecule has 0 spiro atoms. The van der Waals surface area contributed by atoms with Gasteiger partial charge in [0, 0.05) is 6.54 Å². The van der Waals surface area contributed by atoms with Crippen LogP contribution in [0.2, 0.25) is 0 Å². The molecule has 0 aliphatic carbocycles. The second kappa shape index (κ2) is 7.05. The van der Waals surface area contributed by atoms with Gasteiger partial charge < -0.3 is 10.1 Å². The van der Waals surface area contributed by atoms with E-state index in [-0.39, 0.29) is 10.8 Å². The average molecular weight is 365 g/mol. The van der Waals surface area contributed by atoms with Crippen molar-refractivity contribution in [3.63, 3.8) is 0 Å². The third kappa shape index (κ3) is 4.19. The third-order valence-corrected chi connectivity index (χ3v) is 4.67. The van der Waals surface area contributed by atoms with Gasteiger partial charge in [0.25, 0.3) is 0 Å². The first kappa shape index (κ1) is 16.9. The largest absolute Gasteiger partial charge is 0.496 e. The Kier molecular flexibility index (Phi) is 5.97. The van der Waals surface area contributed by atoms with Crippen molar-refractivity contribution in [2.24, 2.45) is 0 Å². The van der Waals surface area contributed by atoms with E-state index in [9.17, 15) is 13.2 Å². The number of carbonyl (C=O) groups excluding carboxylic acids is 1. The Morgan fingerprint density at radius 3 is 2.60 bits per heavy atom. The van der Waals surface area contributed by atoms with Crippen LogP contribution in [0.25, 0.3) is 0 Å². The Bertz CT molecular complexity index is 589. The first-order valence-corrected chi connectivity index (χ1v) is 8.23. The number of amides is 1. The first-order chi connectivity index (χ1) is 9.31. The highest BCUT2D eigenvalue weighted by Gasteiger charge is 2.22. The van der Waals surface area contributed by atoms with Gasteiger partial charge >= 0.3 is 0 Å². The van der Waals surface area contributed by atoms with Crippen LogP contribution < -0.4 is 14.8 Å². The van der Waals surface area contributed by atoms with E-state index in [1.165, 1.54) is 32.2 Å². The zero-order chi connectivity index (χ0) is 15.3. The Hall–Kier alpha value is -1.12. The molecule has 0 aliphatic heterocycles. The molecule has 0 aliphatic rings. The predicted octanol–water partition coefficient (Wildman–Crippen LogP) is 1.26. The summed E-state index contributed by atoms with van der Waals surface area (Å²) in [6.07, 6.45) is 0. The third-order valence-electron chi connectivity index (χ3n) is 2.51. The molecule has 0 heterocycles. The number of benzene rings is 1. The van der Waals surface area contributed by atoms with Crippen molar-refractivity contribution in [2.45, 2.75) is 24.8 Å². The monoisotopic (exact) mass is 364 g/mol. The predicted molar refractivity (Wildman–Crippen MR) is 79.2 cm³/mol. The summed E-state index contributed by atoms with van der Waals surface area (Å²) in [7, 11) is -2.28. The smallest absolute Gasteiger partial charge is 0.241 e. The fourth-order valence-electron chi connectivity index (χ4n) is 1.50. The van der Waals surface area contributed by atoms with Gasteiger partial charge in [0.15, 0.2) is 0 Å². The summed E-state index contributed by atoms with van der Waals surface area (Å²) in [5, 5.41) is 2.55. The summed E-state index contributed by atoms with van der Waals surface area (Å²) in [5.74, 6) is 0.157. The maximum Gasteiger partial charge on any atom is 0.241 e. The fourth-order valence-corrected chi connectivity index (χ4v) is 3.42. The van der Waals surface area contributed by atoms with E-state index in [1.54, 1.807) is 6.92 Å². The maximum absolute atomic E-state index is 12.2. The van der Waals surface area contributed by atoms with Crippen molar-refractivity contribution >= 4 is 31.9 Å². The summed E-state index contributed by atoms with van der Waals surface area (Å²) in [4.78, 5) is 11.6. The first-order valence-electron chi connectivity index (χ1n) is 5.95. The molecule has 1 atom stereocenters. The minimum atomic E-state index is -3.77. The highest BCUT2D eigenvalue weighted by atomic mass is 79.9. The summed E-state index contributed by atoms with van der Waals surface area (Å²) in [5.41, 5.74) is 0.